The highest BCUT2D eigenvalue weighted by atomic mass is 32.1. The van der Waals surface area contributed by atoms with Gasteiger partial charge in [0.25, 0.3) is 11.8 Å². The standard InChI is InChI=1S/C20H18N2O4S/c1-25-14-7-9-15(10-8-14)26-12-18(23)22-20-16(19(21)24)11-17(27-20)13-5-3-2-4-6-13/h2-11H,12H2,1H3,(H2,21,24)(H,22,23). The maximum Gasteiger partial charge on any atom is 0.262 e. The predicted molar refractivity (Wildman–Crippen MR) is 105 cm³/mol. The molecule has 2 amide bonds. The van der Waals surface area contributed by atoms with Crippen molar-refractivity contribution in [2.45, 2.75) is 0 Å². The number of hydrogen-bond acceptors (Lipinski definition) is 5. The van der Waals surface area contributed by atoms with Crippen molar-refractivity contribution < 1.29 is 19.1 Å². The summed E-state index contributed by atoms with van der Waals surface area (Å²) in [5.74, 6) is 0.261. The van der Waals surface area contributed by atoms with Gasteiger partial charge >= 0.3 is 0 Å². The number of methoxy groups -OCH3 is 1. The van der Waals surface area contributed by atoms with Crippen molar-refractivity contribution in [3.05, 3.63) is 66.2 Å². The fraction of sp³-hybridized carbons (Fsp3) is 0.100. The molecule has 7 heteroatoms. The van der Waals surface area contributed by atoms with Gasteiger partial charge in [-0.2, -0.15) is 0 Å². The minimum atomic E-state index is -0.597. The van der Waals surface area contributed by atoms with Gasteiger partial charge in [-0.05, 0) is 35.9 Å². The number of amides is 2. The molecule has 1 aromatic heterocycles. The average molecular weight is 382 g/mol. The van der Waals surface area contributed by atoms with E-state index < -0.39 is 5.91 Å². The van der Waals surface area contributed by atoms with E-state index in [1.54, 1.807) is 37.4 Å². The average Bonchev–Trinajstić information content (AvgIpc) is 3.11. The Morgan fingerprint density at radius 1 is 1.04 bits per heavy atom. The minimum Gasteiger partial charge on any atom is -0.497 e. The molecule has 0 spiro atoms. The molecule has 138 valence electrons. The maximum absolute atomic E-state index is 12.2. The molecule has 3 aromatic rings. The van der Waals surface area contributed by atoms with Crippen molar-refractivity contribution >= 4 is 28.2 Å². The van der Waals surface area contributed by atoms with Crippen LogP contribution in [0.1, 0.15) is 10.4 Å². The molecule has 0 aliphatic carbocycles. The van der Waals surface area contributed by atoms with Crippen molar-refractivity contribution in [1.29, 1.82) is 0 Å². The molecule has 3 rings (SSSR count). The first kappa shape index (κ1) is 18.5. The van der Waals surface area contributed by atoms with Gasteiger partial charge in [0.15, 0.2) is 6.61 Å². The van der Waals surface area contributed by atoms with Gasteiger partial charge in [-0.1, -0.05) is 30.3 Å². The highest BCUT2D eigenvalue weighted by Gasteiger charge is 2.17. The van der Waals surface area contributed by atoms with E-state index in [-0.39, 0.29) is 18.1 Å². The lowest BCUT2D eigenvalue weighted by Crippen LogP contribution is -2.21. The van der Waals surface area contributed by atoms with E-state index in [0.29, 0.717) is 16.5 Å². The van der Waals surface area contributed by atoms with E-state index in [1.165, 1.54) is 11.3 Å². The van der Waals surface area contributed by atoms with E-state index in [0.717, 1.165) is 10.4 Å². The highest BCUT2D eigenvalue weighted by Crippen LogP contribution is 2.35. The van der Waals surface area contributed by atoms with Gasteiger partial charge in [-0.15, -0.1) is 11.3 Å². The molecule has 0 bridgehead atoms. The lowest BCUT2D eigenvalue weighted by Gasteiger charge is -2.08. The predicted octanol–water partition coefficient (Wildman–Crippen LogP) is 3.54. The van der Waals surface area contributed by atoms with Crippen LogP contribution in [-0.2, 0) is 4.79 Å². The van der Waals surface area contributed by atoms with E-state index in [1.807, 2.05) is 30.3 Å². The number of thiophene rings is 1. The third-order valence-electron chi connectivity index (χ3n) is 3.74. The first-order chi connectivity index (χ1) is 13.1. The third-order valence-corrected chi connectivity index (χ3v) is 4.84. The molecule has 0 unspecified atom stereocenters. The number of ether oxygens (including phenoxy) is 2. The first-order valence-corrected chi connectivity index (χ1v) is 8.94. The van der Waals surface area contributed by atoms with E-state index in [9.17, 15) is 9.59 Å². The van der Waals surface area contributed by atoms with Crippen LogP contribution in [0, 0.1) is 0 Å². The van der Waals surface area contributed by atoms with Crippen molar-refractivity contribution in [2.75, 3.05) is 19.0 Å². The van der Waals surface area contributed by atoms with Crippen molar-refractivity contribution in [1.82, 2.24) is 0 Å². The molecule has 0 atom stereocenters. The molecule has 6 nitrogen and oxygen atoms in total. The Morgan fingerprint density at radius 3 is 2.33 bits per heavy atom. The van der Waals surface area contributed by atoms with Gasteiger partial charge in [0.1, 0.15) is 16.5 Å². The van der Waals surface area contributed by atoms with Gasteiger partial charge < -0.3 is 20.5 Å². The number of carbonyl (C=O) groups is 2. The summed E-state index contributed by atoms with van der Waals surface area (Å²) in [7, 11) is 1.57. The van der Waals surface area contributed by atoms with Crippen LogP contribution in [0.5, 0.6) is 11.5 Å². The van der Waals surface area contributed by atoms with Crippen LogP contribution in [0.25, 0.3) is 10.4 Å². The summed E-state index contributed by atoms with van der Waals surface area (Å²) < 4.78 is 10.5. The molecule has 0 aliphatic rings. The van der Waals surface area contributed by atoms with Crippen LogP contribution >= 0.6 is 11.3 Å². The number of hydrogen-bond donors (Lipinski definition) is 2. The second-order valence-electron chi connectivity index (χ2n) is 5.60. The van der Waals surface area contributed by atoms with Crippen molar-refractivity contribution in [3.8, 4) is 21.9 Å². The summed E-state index contributed by atoms with van der Waals surface area (Å²) in [6.07, 6.45) is 0. The Balaban J connectivity index is 1.69. The number of anilines is 1. The number of nitrogens with two attached hydrogens (primary N) is 1. The molecule has 0 saturated heterocycles. The zero-order valence-corrected chi connectivity index (χ0v) is 15.4. The maximum atomic E-state index is 12.2. The molecule has 0 radical (unpaired) electrons. The van der Waals surface area contributed by atoms with Crippen LogP contribution in [0.2, 0.25) is 0 Å². The monoisotopic (exact) mass is 382 g/mol. The quantitative estimate of drug-likeness (QED) is 0.654. The molecular weight excluding hydrogens is 364 g/mol. The highest BCUT2D eigenvalue weighted by molar-refractivity contribution is 7.20. The summed E-state index contributed by atoms with van der Waals surface area (Å²) in [5, 5.41) is 3.11. The van der Waals surface area contributed by atoms with Crippen LogP contribution in [0.4, 0.5) is 5.00 Å². The summed E-state index contributed by atoms with van der Waals surface area (Å²) in [6, 6.07) is 18.1. The largest absolute Gasteiger partial charge is 0.497 e. The number of benzene rings is 2. The summed E-state index contributed by atoms with van der Waals surface area (Å²) in [6.45, 7) is -0.191. The van der Waals surface area contributed by atoms with E-state index >= 15 is 0 Å². The topological polar surface area (TPSA) is 90.7 Å². The van der Waals surface area contributed by atoms with Crippen LogP contribution < -0.4 is 20.5 Å². The fourth-order valence-corrected chi connectivity index (χ4v) is 3.48. The molecule has 0 fully saturated rings. The Bertz CT molecular complexity index is 936. The van der Waals surface area contributed by atoms with E-state index in [4.69, 9.17) is 15.2 Å². The summed E-state index contributed by atoms with van der Waals surface area (Å²) in [4.78, 5) is 24.8. The van der Waals surface area contributed by atoms with Crippen LogP contribution in [0.15, 0.2) is 60.7 Å². The van der Waals surface area contributed by atoms with Crippen molar-refractivity contribution in [2.24, 2.45) is 5.73 Å². The number of rotatable bonds is 7. The van der Waals surface area contributed by atoms with Gasteiger partial charge in [-0.3, -0.25) is 9.59 Å². The molecule has 2 aromatic carbocycles. The Hall–Kier alpha value is -3.32. The van der Waals surface area contributed by atoms with Crippen molar-refractivity contribution in [3.63, 3.8) is 0 Å². The van der Waals surface area contributed by atoms with Crippen LogP contribution in [-0.4, -0.2) is 25.5 Å². The SMILES string of the molecule is COc1ccc(OCC(=O)Nc2sc(-c3ccccc3)cc2C(N)=O)cc1. The molecule has 27 heavy (non-hydrogen) atoms. The fourth-order valence-electron chi connectivity index (χ4n) is 2.40. The molecule has 0 aliphatic heterocycles. The Kier molecular flexibility index (Phi) is 5.73. The summed E-state index contributed by atoms with van der Waals surface area (Å²) >= 11 is 1.29. The lowest BCUT2D eigenvalue weighted by atomic mass is 10.1. The molecule has 1 heterocycles. The Morgan fingerprint density at radius 2 is 1.70 bits per heavy atom. The van der Waals surface area contributed by atoms with Gasteiger partial charge in [0.05, 0.1) is 12.7 Å². The molecule has 0 saturated carbocycles. The minimum absolute atomic E-state index is 0.191. The zero-order valence-electron chi connectivity index (χ0n) is 14.6. The smallest absolute Gasteiger partial charge is 0.262 e. The second-order valence-corrected chi connectivity index (χ2v) is 6.65. The lowest BCUT2D eigenvalue weighted by molar-refractivity contribution is -0.118. The van der Waals surface area contributed by atoms with Gasteiger partial charge in [-0.25, -0.2) is 0 Å². The number of nitrogens with one attached hydrogen (secondary N) is 1. The van der Waals surface area contributed by atoms with E-state index in [2.05, 4.69) is 5.32 Å². The Labute approximate surface area is 160 Å². The molecule has 3 N–H and O–H groups in total. The molecular formula is C20H18N2O4S. The van der Waals surface area contributed by atoms with Crippen LogP contribution in [0.3, 0.4) is 0 Å². The van der Waals surface area contributed by atoms with Gasteiger partial charge in [0.2, 0.25) is 0 Å². The normalized spacial score (nSPS) is 10.3. The zero-order chi connectivity index (χ0) is 19.2. The third kappa shape index (κ3) is 4.65. The number of primary amides is 1. The number of carbonyl (C=O) groups excluding carboxylic acids is 2. The summed E-state index contributed by atoms with van der Waals surface area (Å²) in [5.41, 5.74) is 6.67. The second kappa shape index (κ2) is 8.37. The first-order valence-electron chi connectivity index (χ1n) is 8.12. The van der Waals surface area contributed by atoms with Gasteiger partial charge in [0, 0.05) is 4.88 Å².